The Bertz CT molecular complexity index is 1220. The minimum absolute atomic E-state index is 0.205. The van der Waals surface area contributed by atoms with E-state index in [0.29, 0.717) is 23.7 Å². The highest BCUT2D eigenvalue weighted by Crippen LogP contribution is 2.24. The summed E-state index contributed by atoms with van der Waals surface area (Å²) in [6.45, 7) is 2.57. The number of hydrogen-bond donors (Lipinski definition) is 3. The number of carbonyl (C=O) groups excluding carboxylic acids is 1. The molecule has 2 amide bonds. The van der Waals surface area contributed by atoms with Crippen LogP contribution in [0.2, 0.25) is 5.28 Å². The number of nitrogens with zero attached hydrogens (tertiary/aromatic N) is 2. The Morgan fingerprint density at radius 3 is 2.26 bits per heavy atom. The van der Waals surface area contributed by atoms with Crippen LogP contribution in [0.1, 0.15) is 11.1 Å². The maximum atomic E-state index is 12.2. The molecule has 31 heavy (non-hydrogen) atoms. The Balaban J connectivity index is 1.38. The van der Waals surface area contributed by atoms with Crippen LogP contribution in [0.3, 0.4) is 0 Å². The standard InChI is InChI=1S/C23H19BrClN5O/c1-14-2-11-19-20(12-14)29-22(25)30-21(19)26-13-15-3-7-17(8-4-15)27-23(31)28-18-9-5-16(24)6-10-18/h2-12H,13H2,1H3,(H,26,29,30)(H2,27,28,31). The molecule has 3 aromatic carbocycles. The summed E-state index contributed by atoms with van der Waals surface area (Å²) in [7, 11) is 0. The second kappa shape index (κ2) is 9.32. The molecule has 1 heterocycles. The van der Waals surface area contributed by atoms with E-state index in [2.05, 4.69) is 41.8 Å². The van der Waals surface area contributed by atoms with Gasteiger partial charge in [-0.25, -0.2) is 14.8 Å². The quantitative estimate of drug-likeness (QED) is 0.272. The molecule has 0 aliphatic carbocycles. The molecular formula is C23H19BrClN5O. The molecule has 8 heteroatoms. The van der Waals surface area contributed by atoms with Crippen LogP contribution in [-0.4, -0.2) is 16.0 Å². The average Bonchev–Trinajstić information content (AvgIpc) is 2.74. The number of rotatable bonds is 5. The predicted molar refractivity (Wildman–Crippen MR) is 130 cm³/mol. The molecule has 1 aromatic heterocycles. The molecular weight excluding hydrogens is 478 g/mol. The number of fused-ring (bicyclic) bond motifs is 1. The molecule has 0 saturated carbocycles. The van der Waals surface area contributed by atoms with Crippen LogP contribution in [0, 0.1) is 6.92 Å². The number of benzene rings is 3. The van der Waals surface area contributed by atoms with Crippen LogP contribution < -0.4 is 16.0 Å². The first-order valence-corrected chi connectivity index (χ1v) is 10.7. The lowest BCUT2D eigenvalue weighted by Gasteiger charge is -2.11. The Morgan fingerprint density at radius 2 is 1.58 bits per heavy atom. The van der Waals surface area contributed by atoms with E-state index in [1.54, 1.807) is 0 Å². The third kappa shape index (κ3) is 5.51. The molecule has 0 unspecified atom stereocenters. The molecule has 0 saturated heterocycles. The summed E-state index contributed by atoms with van der Waals surface area (Å²) in [5.41, 5.74) is 4.37. The van der Waals surface area contributed by atoms with Gasteiger partial charge in [-0.2, -0.15) is 0 Å². The van der Waals surface area contributed by atoms with Crippen molar-refractivity contribution in [3.63, 3.8) is 0 Å². The Labute approximate surface area is 193 Å². The lowest BCUT2D eigenvalue weighted by atomic mass is 10.1. The maximum Gasteiger partial charge on any atom is 0.323 e. The largest absolute Gasteiger partial charge is 0.365 e. The monoisotopic (exact) mass is 495 g/mol. The van der Waals surface area contributed by atoms with E-state index in [1.165, 1.54) is 0 Å². The van der Waals surface area contributed by atoms with Gasteiger partial charge in [0, 0.05) is 27.8 Å². The highest BCUT2D eigenvalue weighted by molar-refractivity contribution is 9.10. The van der Waals surface area contributed by atoms with Gasteiger partial charge in [-0.15, -0.1) is 0 Å². The van der Waals surface area contributed by atoms with Crippen LogP contribution >= 0.6 is 27.5 Å². The summed E-state index contributed by atoms with van der Waals surface area (Å²) < 4.78 is 0.954. The van der Waals surface area contributed by atoms with E-state index in [-0.39, 0.29) is 11.3 Å². The predicted octanol–water partition coefficient (Wildman–Crippen LogP) is 6.61. The van der Waals surface area contributed by atoms with Crippen LogP contribution in [-0.2, 0) is 6.54 Å². The second-order valence-electron chi connectivity index (χ2n) is 7.00. The number of anilines is 3. The minimum atomic E-state index is -0.300. The topological polar surface area (TPSA) is 78.9 Å². The van der Waals surface area contributed by atoms with Gasteiger partial charge in [0.15, 0.2) is 0 Å². The van der Waals surface area contributed by atoms with Gasteiger partial charge < -0.3 is 16.0 Å². The Morgan fingerprint density at radius 1 is 0.935 bits per heavy atom. The van der Waals surface area contributed by atoms with Gasteiger partial charge in [-0.05, 0) is 78.2 Å². The number of urea groups is 1. The summed E-state index contributed by atoms with van der Waals surface area (Å²) in [6, 6.07) is 20.7. The molecule has 0 aliphatic heterocycles. The molecule has 0 bridgehead atoms. The number of nitrogens with one attached hydrogen (secondary N) is 3. The molecule has 0 aliphatic rings. The fourth-order valence-corrected chi connectivity index (χ4v) is 3.50. The summed E-state index contributed by atoms with van der Waals surface area (Å²) in [6.07, 6.45) is 0. The number of amides is 2. The third-order valence-corrected chi connectivity index (χ3v) is 5.30. The van der Waals surface area contributed by atoms with Crippen molar-refractivity contribution in [2.45, 2.75) is 13.5 Å². The zero-order chi connectivity index (χ0) is 21.8. The third-order valence-electron chi connectivity index (χ3n) is 4.60. The second-order valence-corrected chi connectivity index (χ2v) is 8.25. The van der Waals surface area contributed by atoms with Gasteiger partial charge in [0.1, 0.15) is 5.82 Å². The van der Waals surface area contributed by atoms with Crippen molar-refractivity contribution in [2.24, 2.45) is 0 Å². The maximum absolute atomic E-state index is 12.2. The molecule has 0 fully saturated rings. The van der Waals surface area contributed by atoms with Gasteiger partial charge >= 0.3 is 6.03 Å². The highest BCUT2D eigenvalue weighted by atomic mass is 79.9. The van der Waals surface area contributed by atoms with Crippen molar-refractivity contribution in [1.29, 1.82) is 0 Å². The molecule has 4 rings (SSSR count). The summed E-state index contributed by atoms with van der Waals surface area (Å²) in [5, 5.41) is 10.1. The van der Waals surface area contributed by atoms with Crippen LogP contribution in [0.25, 0.3) is 10.9 Å². The molecule has 4 aromatic rings. The molecule has 0 radical (unpaired) electrons. The molecule has 3 N–H and O–H groups in total. The van der Waals surface area contributed by atoms with Crippen molar-refractivity contribution >= 4 is 61.7 Å². The van der Waals surface area contributed by atoms with Crippen LogP contribution in [0.4, 0.5) is 22.0 Å². The van der Waals surface area contributed by atoms with Crippen molar-refractivity contribution in [3.8, 4) is 0 Å². The van der Waals surface area contributed by atoms with Gasteiger partial charge in [-0.3, -0.25) is 0 Å². The minimum Gasteiger partial charge on any atom is -0.365 e. The number of aromatic nitrogens is 2. The number of hydrogen-bond acceptors (Lipinski definition) is 4. The first kappa shape index (κ1) is 21.1. The van der Waals surface area contributed by atoms with E-state index in [0.717, 1.165) is 26.5 Å². The van der Waals surface area contributed by atoms with Gasteiger partial charge in [0.2, 0.25) is 5.28 Å². The van der Waals surface area contributed by atoms with E-state index >= 15 is 0 Å². The van der Waals surface area contributed by atoms with Crippen molar-refractivity contribution in [3.05, 3.63) is 87.6 Å². The van der Waals surface area contributed by atoms with Gasteiger partial charge in [-0.1, -0.05) is 34.1 Å². The van der Waals surface area contributed by atoms with Gasteiger partial charge in [0.25, 0.3) is 0 Å². The number of aryl methyl sites for hydroxylation is 1. The smallest absolute Gasteiger partial charge is 0.323 e. The average molecular weight is 497 g/mol. The fraction of sp³-hybridized carbons (Fsp3) is 0.0870. The normalized spacial score (nSPS) is 10.7. The van der Waals surface area contributed by atoms with E-state index in [4.69, 9.17) is 11.6 Å². The number of halogens is 2. The number of carbonyl (C=O) groups is 1. The Kier molecular flexibility index (Phi) is 6.34. The molecule has 6 nitrogen and oxygen atoms in total. The summed E-state index contributed by atoms with van der Waals surface area (Å²) in [5.74, 6) is 0.686. The van der Waals surface area contributed by atoms with Crippen molar-refractivity contribution in [1.82, 2.24) is 9.97 Å². The van der Waals surface area contributed by atoms with Crippen molar-refractivity contribution < 1.29 is 4.79 Å². The lowest BCUT2D eigenvalue weighted by molar-refractivity contribution is 0.262. The zero-order valence-corrected chi connectivity index (χ0v) is 19.0. The fourth-order valence-electron chi connectivity index (χ4n) is 3.06. The van der Waals surface area contributed by atoms with Crippen LogP contribution in [0.5, 0.6) is 0 Å². The SMILES string of the molecule is Cc1ccc2c(NCc3ccc(NC(=O)Nc4ccc(Br)cc4)cc3)nc(Cl)nc2c1. The summed E-state index contributed by atoms with van der Waals surface area (Å²) >= 11 is 9.45. The molecule has 0 spiro atoms. The first-order chi connectivity index (χ1) is 15.0. The molecule has 0 atom stereocenters. The van der Waals surface area contributed by atoms with E-state index < -0.39 is 0 Å². The van der Waals surface area contributed by atoms with Crippen LogP contribution in [0.15, 0.2) is 71.2 Å². The zero-order valence-electron chi connectivity index (χ0n) is 16.6. The van der Waals surface area contributed by atoms with Gasteiger partial charge in [0.05, 0.1) is 5.52 Å². The van der Waals surface area contributed by atoms with Crippen molar-refractivity contribution in [2.75, 3.05) is 16.0 Å². The first-order valence-electron chi connectivity index (χ1n) is 9.56. The van der Waals surface area contributed by atoms with E-state index in [9.17, 15) is 4.79 Å². The summed E-state index contributed by atoms with van der Waals surface area (Å²) in [4.78, 5) is 20.8. The van der Waals surface area contributed by atoms with E-state index in [1.807, 2.05) is 73.7 Å². The highest BCUT2D eigenvalue weighted by Gasteiger charge is 2.07. The molecule has 156 valence electrons. The Hall–Kier alpha value is -3.16. The lowest BCUT2D eigenvalue weighted by Crippen LogP contribution is -2.19.